The molecule has 3 heterocycles. The molecule has 1 aromatic carbocycles. The van der Waals surface area contributed by atoms with Gasteiger partial charge in [-0.25, -0.2) is 4.79 Å². The Kier molecular flexibility index (Phi) is 7.09. The van der Waals surface area contributed by atoms with Gasteiger partial charge < -0.3 is 19.9 Å². The lowest BCUT2D eigenvalue weighted by molar-refractivity contribution is -0.125. The Bertz CT molecular complexity index is 1060. The number of fused-ring (bicyclic) bond motifs is 1. The first-order valence-corrected chi connectivity index (χ1v) is 13.6. The predicted octanol–water partition coefficient (Wildman–Crippen LogP) is 4.71. The molecule has 3 aliphatic rings. The summed E-state index contributed by atoms with van der Waals surface area (Å²) in [6.07, 6.45) is 5.28. The number of nitrogens with zero attached hydrogens (tertiary/aromatic N) is 2. The smallest absolute Gasteiger partial charge is 0.409 e. The van der Waals surface area contributed by atoms with Crippen LogP contribution < -0.4 is 5.32 Å². The van der Waals surface area contributed by atoms with Crippen molar-refractivity contribution in [2.45, 2.75) is 69.5 Å². The molecule has 2 aromatic rings. The Labute approximate surface area is 210 Å². The van der Waals surface area contributed by atoms with E-state index in [1.165, 1.54) is 0 Å². The highest BCUT2D eigenvalue weighted by Gasteiger charge is 2.47. The molecule has 0 radical (unpaired) electrons. The lowest BCUT2D eigenvalue weighted by atomic mass is 9.80. The van der Waals surface area contributed by atoms with E-state index in [9.17, 15) is 14.4 Å². The van der Waals surface area contributed by atoms with Gasteiger partial charge in [0.25, 0.3) is 5.91 Å². The number of carbonyl (C=O) groups is 3. The number of likely N-dealkylation sites (tertiary alicyclic amines) is 1. The summed E-state index contributed by atoms with van der Waals surface area (Å²) in [7, 11) is 0. The summed E-state index contributed by atoms with van der Waals surface area (Å²) in [5.74, 6) is -0.468. The molecule has 186 valence electrons. The molecule has 1 aromatic heterocycles. The van der Waals surface area contributed by atoms with Gasteiger partial charge in [-0.2, -0.15) is 0 Å². The number of piperidine rings is 1. The number of hydrogen-bond donors (Lipinski definition) is 1. The maximum atomic E-state index is 14.0. The van der Waals surface area contributed by atoms with Gasteiger partial charge in [0, 0.05) is 35.6 Å². The molecule has 2 atom stereocenters. The van der Waals surface area contributed by atoms with Crippen molar-refractivity contribution in [1.82, 2.24) is 15.1 Å². The van der Waals surface area contributed by atoms with Gasteiger partial charge in [0.2, 0.25) is 5.91 Å². The molecule has 1 saturated heterocycles. The molecule has 2 aliphatic heterocycles. The fourth-order valence-electron chi connectivity index (χ4n) is 5.89. The minimum Gasteiger partial charge on any atom is -0.450 e. The molecule has 2 fully saturated rings. The molecule has 35 heavy (non-hydrogen) atoms. The van der Waals surface area contributed by atoms with Crippen molar-refractivity contribution in [1.29, 1.82) is 0 Å². The van der Waals surface area contributed by atoms with Crippen molar-refractivity contribution >= 4 is 29.2 Å². The second-order valence-corrected chi connectivity index (χ2v) is 10.6. The van der Waals surface area contributed by atoms with E-state index in [4.69, 9.17) is 4.74 Å². The molecule has 0 unspecified atom stereocenters. The monoisotopic (exact) mass is 495 g/mol. The number of benzene rings is 1. The topological polar surface area (TPSA) is 79.0 Å². The summed E-state index contributed by atoms with van der Waals surface area (Å²) in [6, 6.07) is 11.5. The lowest BCUT2D eigenvalue weighted by Gasteiger charge is -2.44. The van der Waals surface area contributed by atoms with Crippen LogP contribution in [0.25, 0.3) is 0 Å². The number of hydrogen-bond acceptors (Lipinski definition) is 5. The van der Waals surface area contributed by atoms with E-state index < -0.39 is 5.92 Å². The number of ether oxygens (including phenoxy) is 1. The molecule has 0 bridgehead atoms. The van der Waals surface area contributed by atoms with Gasteiger partial charge in [-0.3, -0.25) is 9.59 Å². The van der Waals surface area contributed by atoms with Crippen LogP contribution in [0.3, 0.4) is 0 Å². The average Bonchev–Trinajstić information content (AvgIpc) is 3.59. The van der Waals surface area contributed by atoms with E-state index in [1.54, 1.807) is 23.2 Å². The zero-order chi connectivity index (χ0) is 24.4. The maximum Gasteiger partial charge on any atom is 0.409 e. The number of amides is 3. The molecule has 1 N–H and O–H groups in total. The molecule has 1 aliphatic carbocycles. The summed E-state index contributed by atoms with van der Waals surface area (Å²) < 4.78 is 5.12. The Morgan fingerprint density at radius 2 is 1.80 bits per heavy atom. The van der Waals surface area contributed by atoms with Crippen LogP contribution in [0, 0.1) is 0 Å². The molecule has 0 spiro atoms. The van der Waals surface area contributed by atoms with Gasteiger partial charge >= 0.3 is 6.09 Å². The fraction of sp³-hybridized carbons (Fsp3) is 0.519. The Balaban J connectivity index is 1.42. The van der Waals surface area contributed by atoms with Crippen LogP contribution >= 0.6 is 11.3 Å². The highest BCUT2D eigenvalue weighted by Crippen LogP contribution is 2.47. The minimum absolute atomic E-state index is 0.0121. The zero-order valence-corrected chi connectivity index (χ0v) is 21.0. The van der Waals surface area contributed by atoms with Gasteiger partial charge in [0.15, 0.2) is 0 Å². The molecule has 8 heteroatoms. The molecule has 5 rings (SSSR count). The van der Waals surface area contributed by atoms with Gasteiger partial charge in [-0.1, -0.05) is 37.1 Å². The minimum atomic E-state index is -0.466. The Morgan fingerprint density at radius 3 is 2.49 bits per heavy atom. The molecule has 1 saturated carbocycles. The van der Waals surface area contributed by atoms with Gasteiger partial charge in [-0.15, -0.1) is 11.3 Å². The fourth-order valence-corrected chi connectivity index (χ4v) is 6.75. The third-order valence-electron chi connectivity index (χ3n) is 7.58. The van der Waals surface area contributed by atoms with Crippen molar-refractivity contribution in [3.63, 3.8) is 0 Å². The molecular formula is C27H33N3O4S. The van der Waals surface area contributed by atoms with Crippen LogP contribution in [0.1, 0.15) is 78.2 Å². The van der Waals surface area contributed by atoms with E-state index in [0.717, 1.165) is 36.1 Å². The SMILES string of the molecule is CCOC(=O)N1CCC(NC(=O)[C@@H]2c3ccccc3C(=O)N(C3CCCC3)[C@@H]2c2cccs2)CC1. The largest absolute Gasteiger partial charge is 0.450 e. The summed E-state index contributed by atoms with van der Waals surface area (Å²) in [5.41, 5.74) is 1.45. The standard InChI is InChI=1S/C27H33N3O4S/c1-2-34-27(33)29-15-13-18(14-16-29)28-25(31)23-20-10-5-6-11-21(20)26(32)30(19-8-3-4-9-19)24(23)22-12-7-17-35-22/h5-7,10-12,17-19,23-24H,2-4,8-9,13-16H2,1H3,(H,28,31)/t23-,24-/m1/s1. The second kappa shape index (κ2) is 10.4. The molecule has 7 nitrogen and oxygen atoms in total. The third kappa shape index (κ3) is 4.68. The van der Waals surface area contributed by atoms with Crippen LogP contribution in [0.15, 0.2) is 41.8 Å². The molecular weight excluding hydrogens is 462 g/mol. The Morgan fingerprint density at radius 1 is 1.06 bits per heavy atom. The first-order valence-electron chi connectivity index (χ1n) is 12.8. The van der Waals surface area contributed by atoms with Crippen molar-refractivity contribution in [2.75, 3.05) is 19.7 Å². The van der Waals surface area contributed by atoms with Gasteiger partial charge in [-0.05, 0) is 55.7 Å². The van der Waals surface area contributed by atoms with Crippen molar-refractivity contribution in [2.24, 2.45) is 0 Å². The summed E-state index contributed by atoms with van der Waals surface area (Å²) in [5, 5.41) is 5.31. The van der Waals surface area contributed by atoms with Crippen LogP contribution in [-0.2, 0) is 9.53 Å². The number of nitrogens with one attached hydrogen (secondary N) is 1. The van der Waals surface area contributed by atoms with Crippen LogP contribution in [0.4, 0.5) is 4.79 Å². The average molecular weight is 496 g/mol. The van der Waals surface area contributed by atoms with E-state index >= 15 is 0 Å². The second-order valence-electron chi connectivity index (χ2n) is 9.64. The maximum absolute atomic E-state index is 14.0. The lowest BCUT2D eigenvalue weighted by Crippen LogP contribution is -2.53. The van der Waals surface area contributed by atoms with E-state index in [-0.39, 0.29) is 36.0 Å². The summed E-state index contributed by atoms with van der Waals surface area (Å²) in [6.45, 7) is 3.28. The van der Waals surface area contributed by atoms with E-state index in [2.05, 4.69) is 11.4 Å². The predicted molar refractivity (Wildman–Crippen MR) is 134 cm³/mol. The van der Waals surface area contributed by atoms with Crippen molar-refractivity contribution in [3.05, 3.63) is 57.8 Å². The number of carbonyl (C=O) groups excluding carboxylic acids is 3. The van der Waals surface area contributed by atoms with Crippen LogP contribution in [0.5, 0.6) is 0 Å². The third-order valence-corrected chi connectivity index (χ3v) is 8.52. The van der Waals surface area contributed by atoms with Crippen molar-refractivity contribution < 1.29 is 19.1 Å². The quantitative estimate of drug-likeness (QED) is 0.652. The zero-order valence-electron chi connectivity index (χ0n) is 20.2. The number of rotatable bonds is 5. The summed E-state index contributed by atoms with van der Waals surface area (Å²) >= 11 is 1.61. The van der Waals surface area contributed by atoms with Crippen molar-refractivity contribution in [3.8, 4) is 0 Å². The van der Waals surface area contributed by atoms with Gasteiger partial charge in [0.1, 0.15) is 0 Å². The molecule has 3 amide bonds. The van der Waals surface area contributed by atoms with Gasteiger partial charge in [0.05, 0.1) is 18.6 Å². The number of thiophene rings is 1. The first-order chi connectivity index (χ1) is 17.1. The highest BCUT2D eigenvalue weighted by molar-refractivity contribution is 7.10. The van der Waals surface area contributed by atoms with Crippen LogP contribution in [-0.4, -0.2) is 59.5 Å². The Hall–Kier alpha value is -2.87. The van der Waals surface area contributed by atoms with Crippen LogP contribution in [0.2, 0.25) is 0 Å². The van der Waals surface area contributed by atoms with E-state index in [1.807, 2.05) is 40.6 Å². The van der Waals surface area contributed by atoms with E-state index in [0.29, 0.717) is 38.1 Å². The highest BCUT2D eigenvalue weighted by atomic mass is 32.1. The normalized spacial score (nSPS) is 23.3. The first kappa shape index (κ1) is 23.9. The summed E-state index contributed by atoms with van der Waals surface area (Å²) in [4.78, 5) is 44.6.